The van der Waals surface area contributed by atoms with Gasteiger partial charge < -0.3 is 0 Å². The van der Waals surface area contributed by atoms with Crippen LogP contribution in [0.3, 0.4) is 0 Å². The summed E-state index contributed by atoms with van der Waals surface area (Å²) in [5.41, 5.74) is -0.0668. The lowest BCUT2D eigenvalue weighted by atomic mass is 9.82. The van der Waals surface area contributed by atoms with E-state index >= 15 is 0 Å². The third-order valence-corrected chi connectivity index (χ3v) is 4.77. The Morgan fingerprint density at radius 2 is 1.78 bits per heavy atom. The van der Waals surface area contributed by atoms with Crippen molar-refractivity contribution in [2.45, 2.75) is 76.7 Å². The van der Waals surface area contributed by atoms with E-state index in [9.17, 15) is 4.79 Å². The lowest BCUT2D eigenvalue weighted by molar-refractivity contribution is -0.212. The van der Waals surface area contributed by atoms with Gasteiger partial charge in [-0.25, -0.2) is 5.06 Å². The zero-order valence-corrected chi connectivity index (χ0v) is 11.9. The van der Waals surface area contributed by atoms with Crippen LogP contribution in [0.5, 0.6) is 0 Å². The highest BCUT2D eigenvalue weighted by atomic mass is 16.7. The Hall–Kier alpha value is -0.570. The molecular weight excluding hydrogens is 226 g/mol. The van der Waals surface area contributed by atoms with Crippen LogP contribution in [0.1, 0.15) is 71.1 Å². The third-order valence-electron chi connectivity index (χ3n) is 4.77. The Balaban J connectivity index is 1.95. The van der Waals surface area contributed by atoms with E-state index in [-0.39, 0.29) is 11.4 Å². The fraction of sp³-hybridized carbons (Fsp3) is 0.933. The van der Waals surface area contributed by atoms with Crippen molar-refractivity contribution in [3.8, 4) is 0 Å². The van der Waals surface area contributed by atoms with Crippen molar-refractivity contribution in [3.63, 3.8) is 0 Å². The van der Waals surface area contributed by atoms with Gasteiger partial charge in [0.05, 0.1) is 12.6 Å². The molecule has 2 aliphatic carbocycles. The molecule has 3 heteroatoms. The largest absolute Gasteiger partial charge is 0.274 e. The van der Waals surface area contributed by atoms with Crippen LogP contribution in [0.25, 0.3) is 0 Å². The number of hydroxylamine groups is 2. The van der Waals surface area contributed by atoms with Gasteiger partial charge in [0.1, 0.15) is 0 Å². The molecule has 2 saturated carbocycles. The number of hydrogen-bond donors (Lipinski definition) is 0. The topological polar surface area (TPSA) is 29.5 Å². The molecule has 0 heterocycles. The number of hydrogen-bond acceptors (Lipinski definition) is 2. The summed E-state index contributed by atoms with van der Waals surface area (Å²) in [4.78, 5) is 17.9. The van der Waals surface area contributed by atoms with E-state index in [2.05, 4.69) is 6.92 Å². The average molecular weight is 253 g/mol. The van der Waals surface area contributed by atoms with Gasteiger partial charge in [-0.15, -0.1) is 0 Å². The molecule has 2 rings (SSSR count). The maximum absolute atomic E-state index is 12.4. The summed E-state index contributed by atoms with van der Waals surface area (Å²) in [5, 5.41) is 1.70. The fourth-order valence-corrected chi connectivity index (χ4v) is 3.68. The van der Waals surface area contributed by atoms with E-state index < -0.39 is 0 Å². The highest BCUT2D eigenvalue weighted by molar-refractivity contribution is 5.76. The lowest BCUT2D eigenvalue weighted by Crippen LogP contribution is -2.50. The first-order valence-electron chi connectivity index (χ1n) is 7.53. The Kier molecular flexibility index (Phi) is 4.66. The van der Waals surface area contributed by atoms with Gasteiger partial charge in [-0.3, -0.25) is 9.63 Å². The average Bonchev–Trinajstić information content (AvgIpc) is 2.83. The van der Waals surface area contributed by atoms with Crippen molar-refractivity contribution in [2.75, 3.05) is 7.11 Å². The summed E-state index contributed by atoms with van der Waals surface area (Å²) in [5.74, 6) is 0.802. The van der Waals surface area contributed by atoms with Crippen molar-refractivity contribution in [1.29, 1.82) is 0 Å². The van der Waals surface area contributed by atoms with Gasteiger partial charge in [-0.1, -0.05) is 32.1 Å². The van der Waals surface area contributed by atoms with Crippen LogP contribution in [-0.2, 0) is 9.63 Å². The molecule has 0 radical (unpaired) electrons. The maximum Gasteiger partial charge on any atom is 0.246 e. The maximum atomic E-state index is 12.4. The first kappa shape index (κ1) is 13.9. The quantitative estimate of drug-likeness (QED) is 0.715. The number of carbonyl (C=O) groups is 1. The summed E-state index contributed by atoms with van der Waals surface area (Å²) < 4.78 is 0. The van der Waals surface area contributed by atoms with Crippen LogP contribution in [0.2, 0.25) is 0 Å². The van der Waals surface area contributed by atoms with Crippen LogP contribution >= 0.6 is 0 Å². The molecule has 0 aromatic heterocycles. The molecule has 0 aromatic rings. The summed E-state index contributed by atoms with van der Waals surface area (Å²) in [6.07, 6.45) is 11.6. The zero-order valence-electron chi connectivity index (χ0n) is 11.9. The van der Waals surface area contributed by atoms with Crippen molar-refractivity contribution in [1.82, 2.24) is 5.06 Å². The van der Waals surface area contributed by atoms with E-state index in [0.717, 1.165) is 12.8 Å². The number of nitrogens with zero attached hydrogens (tertiary/aromatic N) is 1. The molecule has 0 bridgehead atoms. The van der Waals surface area contributed by atoms with Crippen LogP contribution in [0.4, 0.5) is 0 Å². The van der Waals surface area contributed by atoms with E-state index in [4.69, 9.17) is 4.84 Å². The molecule has 0 atom stereocenters. The van der Waals surface area contributed by atoms with Gasteiger partial charge in [0.2, 0.25) is 5.91 Å². The standard InChI is InChI=1S/C15H27NO2/c1-15(10-6-3-7-11-15)16(18-2)14(17)12-13-8-4-5-9-13/h13H,3-12H2,1-2H3. The number of rotatable bonds is 4. The van der Waals surface area contributed by atoms with Crippen LogP contribution in [0.15, 0.2) is 0 Å². The molecule has 0 aliphatic heterocycles. The highest BCUT2D eigenvalue weighted by Crippen LogP contribution is 2.35. The molecule has 0 N–H and O–H groups in total. The van der Waals surface area contributed by atoms with E-state index in [1.807, 2.05) is 0 Å². The van der Waals surface area contributed by atoms with Crippen LogP contribution in [-0.4, -0.2) is 23.6 Å². The molecule has 2 fully saturated rings. The minimum Gasteiger partial charge on any atom is -0.274 e. The normalized spacial score (nSPS) is 24.1. The molecule has 3 nitrogen and oxygen atoms in total. The Labute approximate surface area is 111 Å². The van der Waals surface area contributed by atoms with Gasteiger partial charge in [0.25, 0.3) is 0 Å². The molecular formula is C15H27NO2. The summed E-state index contributed by atoms with van der Waals surface area (Å²) >= 11 is 0. The second-order valence-electron chi connectivity index (χ2n) is 6.28. The molecule has 1 amide bonds. The van der Waals surface area contributed by atoms with Crippen LogP contribution < -0.4 is 0 Å². The fourth-order valence-electron chi connectivity index (χ4n) is 3.68. The second-order valence-corrected chi connectivity index (χ2v) is 6.28. The molecule has 104 valence electrons. The van der Waals surface area contributed by atoms with Crippen molar-refractivity contribution in [2.24, 2.45) is 5.92 Å². The van der Waals surface area contributed by atoms with E-state index in [0.29, 0.717) is 12.3 Å². The predicted octanol–water partition coefficient (Wildman–Crippen LogP) is 3.68. The third kappa shape index (κ3) is 3.05. The van der Waals surface area contributed by atoms with Gasteiger partial charge >= 0.3 is 0 Å². The molecule has 18 heavy (non-hydrogen) atoms. The SMILES string of the molecule is CON(C(=O)CC1CCCC1)C1(C)CCCCC1. The first-order valence-corrected chi connectivity index (χ1v) is 7.53. The van der Waals surface area contributed by atoms with Crippen molar-refractivity contribution in [3.05, 3.63) is 0 Å². The van der Waals surface area contributed by atoms with Crippen molar-refractivity contribution >= 4 is 5.91 Å². The molecule has 0 saturated heterocycles. The van der Waals surface area contributed by atoms with E-state index in [1.165, 1.54) is 44.9 Å². The summed E-state index contributed by atoms with van der Waals surface area (Å²) in [7, 11) is 1.65. The molecule has 2 aliphatic rings. The number of amides is 1. The predicted molar refractivity (Wildman–Crippen MR) is 71.9 cm³/mol. The van der Waals surface area contributed by atoms with Gasteiger partial charge in [-0.2, -0.15) is 0 Å². The minimum absolute atomic E-state index is 0.0668. The Morgan fingerprint density at radius 1 is 1.17 bits per heavy atom. The van der Waals surface area contributed by atoms with Gasteiger partial charge in [0, 0.05) is 6.42 Å². The Morgan fingerprint density at radius 3 is 2.33 bits per heavy atom. The van der Waals surface area contributed by atoms with E-state index in [1.54, 1.807) is 12.2 Å². The van der Waals surface area contributed by atoms with Crippen molar-refractivity contribution < 1.29 is 9.63 Å². The smallest absolute Gasteiger partial charge is 0.246 e. The zero-order chi connectivity index (χ0) is 13.0. The van der Waals surface area contributed by atoms with Gasteiger partial charge in [0.15, 0.2) is 0 Å². The minimum atomic E-state index is -0.0668. The van der Waals surface area contributed by atoms with Gasteiger partial charge in [-0.05, 0) is 38.5 Å². The summed E-state index contributed by atoms with van der Waals surface area (Å²) in [6.45, 7) is 2.18. The second kappa shape index (κ2) is 6.05. The molecule has 0 unspecified atom stereocenters. The lowest BCUT2D eigenvalue weighted by Gasteiger charge is -2.42. The monoisotopic (exact) mass is 253 g/mol. The highest BCUT2D eigenvalue weighted by Gasteiger charge is 2.37. The van der Waals surface area contributed by atoms with Crippen LogP contribution in [0, 0.1) is 5.92 Å². The number of carbonyl (C=O) groups excluding carboxylic acids is 1. The molecule has 0 spiro atoms. The summed E-state index contributed by atoms with van der Waals surface area (Å²) in [6, 6.07) is 0. The Bertz CT molecular complexity index is 278. The first-order chi connectivity index (χ1) is 8.65. The molecule has 0 aromatic carbocycles.